The maximum Gasteiger partial charge on any atom is 0.372 e. The summed E-state index contributed by atoms with van der Waals surface area (Å²) in [5, 5.41) is 10.5. The van der Waals surface area contributed by atoms with Crippen molar-refractivity contribution >= 4 is 22.4 Å². The molecule has 2 aromatic carbocycles. The van der Waals surface area contributed by atoms with E-state index in [9.17, 15) is 14.7 Å². The zero-order chi connectivity index (χ0) is 17.6. The van der Waals surface area contributed by atoms with E-state index >= 15 is 0 Å². The Kier molecular flexibility index (Phi) is 3.57. The number of fused-ring (bicyclic) bond motifs is 2. The van der Waals surface area contributed by atoms with Crippen molar-refractivity contribution in [2.24, 2.45) is 0 Å². The molecule has 25 heavy (non-hydrogen) atoms. The van der Waals surface area contributed by atoms with Crippen molar-refractivity contribution in [1.29, 1.82) is 0 Å². The van der Waals surface area contributed by atoms with Gasteiger partial charge in [0.15, 0.2) is 0 Å². The fraction of sp³-hybridized carbons (Fsp3) is 0.200. The third-order valence-corrected chi connectivity index (χ3v) is 4.75. The van der Waals surface area contributed by atoms with E-state index in [1.807, 2.05) is 18.2 Å². The van der Waals surface area contributed by atoms with Gasteiger partial charge < -0.3 is 14.4 Å². The Bertz CT molecular complexity index is 1050. The number of hydrogen-bond acceptors (Lipinski definition) is 4. The van der Waals surface area contributed by atoms with Crippen LogP contribution in [0.1, 0.15) is 22.5 Å². The van der Waals surface area contributed by atoms with E-state index in [1.165, 1.54) is 5.56 Å². The lowest BCUT2D eigenvalue weighted by Crippen LogP contribution is -2.24. The van der Waals surface area contributed by atoms with Crippen molar-refractivity contribution in [1.82, 2.24) is 0 Å². The molecule has 3 aromatic rings. The molecule has 5 nitrogen and oxygen atoms in total. The van der Waals surface area contributed by atoms with Crippen LogP contribution in [0.15, 0.2) is 51.7 Å². The monoisotopic (exact) mass is 335 g/mol. The molecule has 0 radical (unpaired) electrons. The molecule has 0 unspecified atom stereocenters. The Hall–Kier alpha value is -3.08. The number of carboxylic acid groups (broad SMARTS) is 1. The molecule has 4 rings (SSSR count). The Balaban J connectivity index is 2.04. The fourth-order valence-corrected chi connectivity index (χ4v) is 3.58. The molecule has 0 bridgehead atoms. The Morgan fingerprint density at radius 1 is 1.16 bits per heavy atom. The lowest BCUT2D eigenvalue weighted by Gasteiger charge is -2.28. The van der Waals surface area contributed by atoms with Crippen molar-refractivity contribution in [3.63, 3.8) is 0 Å². The SMILES string of the molecule is CN1CCCc2cc(-c3c(C(=O)O)oc(=O)c4ccccc34)ccc21. The summed E-state index contributed by atoms with van der Waals surface area (Å²) in [6.07, 6.45) is 2.01. The van der Waals surface area contributed by atoms with Gasteiger partial charge in [0.2, 0.25) is 5.76 Å². The summed E-state index contributed by atoms with van der Waals surface area (Å²) in [5.74, 6) is -1.56. The van der Waals surface area contributed by atoms with Crippen molar-refractivity contribution in [3.8, 4) is 11.1 Å². The first kappa shape index (κ1) is 15.4. The normalized spacial score (nSPS) is 13.7. The molecule has 1 aliphatic rings. The highest BCUT2D eigenvalue weighted by atomic mass is 16.4. The summed E-state index contributed by atoms with van der Waals surface area (Å²) in [5.41, 5.74) is 2.92. The van der Waals surface area contributed by atoms with Crippen LogP contribution in [0.5, 0.6) is 0 Å². The summed E-state index contributed by atoms with van der Waals surface area (Å²) in [4.78, 5) is 26.0. The predicted octanol–water partition coefficient (Wildman–Crippen LogP) is 3.54. The predicted molar refractivity (Wildman–Crippen MR) is 96.5 cm³/mol. The Morgan fingerprint density at radius 2 is 1.92 bits per heavy atom. The molecule has 1 aromatic heterocycles. The first-order valence-corrected chi connectivity index (χ1v) is 8.20. The molecule has 0 aliphatic carbocycles. The van der Waals surface area contributed by atoms with Gasteiger partial charge in [0, 0.05) is 30.2 Å². The Morgan fingerprint density at radius 3 is 2.68 bits per heavy atom. The van der Waals surface area contributed by atoms with Crippen molar-refractivity contribution in [3.05, 3.63) is 64.2 Å². The highest BCUT2D eigenvalue weighted by Gasteiger charge is 2.22. The highest BCUT2D eigenvalue weighted by molar-refractivity contribution is 6.05. The zero-order valence-corrected chi connectivity index (χ0v) is 13.8. The van der Waals surface area contributed by atoms with Gasteiger partial charge in [-0.3, -0.25) is 0 Å². The zero-order valence-electron chi connectivity index (χ0n) is 13.8. The number of aromatic carboxylic acids is 1. The number of aryl methyl sites for hydroxylation is 1. The molecule has 0 spiro atoms. The van der Waals surface area contributed by atoms with Crippen LogP contribution in [0.25, 0.3) is 21.9 Å². The van der Waals surface area contributed by atoms with E-state index in [1.54, 1.807) is 24.3 Å². The van der Waals surface area contributed by atoms with Crippen molar-refractivity contribution < 1.29 is 14.3 Å². The molecule has 0 saturated heterocycles. The standard InChI is InChI=1S/C20H17NO4/c1-21-10-4-5-12-11-13(8-9-16(12)21)17-14-6-2-3-7-15(14)20(24)25-18(17)19(22)23/h2-3,6-9,11H,4-5,10H2,1H3,(H,22,23). The van der Waals surface area contributed by atoms with Crippen LogP contribution in [0.2, 0.25) is 0 Å². The summed E-state index contributed by atoms with van der Waals surface area (Å²) in [6.45, 7) is 1.01. The average Bonchev–Trinajstić information content (AvgIpc) is 2.61. The van der Waals surface area contributed by atoms with Gasteiger partial charge in [-0.05, 0) is 42.2 Å². The fourth-order valence-electron chi connectivity index (χ4n) is 3.58. The number of nitrogens with zero attached hydrogens (tertiary/aromatic N) is 1. The first-order chi connectivity index (χ1) is 12.1. The molecule has 0 amide bonds. The second kappa shape index (κ2) is 5.77. The van der Waals surface area contributed by atoms with Crippen LogP contribution in [0.4, 0.5) is 5.69 Å². The maximum atomic E-state index is 12.1. The van der Waals surface area contributed by atoms with Crippen LogP contribution in [0, 0.1) is 0 Å². The van der Waals surface area contributed by atoms with Gasteiger partial charge in [-0.15, -0.1) is 0 Å². The number of hydrogen-bond donors (Lipinski definition) is 1. The molecule has 0 atom stereocenters. The average molecular weight is 335 g/mol. The molecule has 2 heterocycles. The summed E-state index contributed by atoms with van der Waals surface area (Å²) < 4.78 is 5.14. The minimum atomic E-state index is -1.24. The number of rotatable bonds is 2. The highest BCUT2D eigenvalue weighted by Crippen LogP contribution is 2.35. The molecule has 5 heteroatoms. The van der Waals surface area contributed by atoms with E-state index in [-0.39, 0.29) is 5.76 Å². The molecule has 0 saturated carbocycles. The molecule has 1 aliphatic heterocycles. The maximum absolute atomic E-state index is 12.1. The molecule has 1 N–H and O–H groups in total. The van der Waals surface area contributed by atoms with E-state index < -0.39 is 11.6 Å². The molecular weight excluding hydrogens is 318 g/mol. The third kappa shape index (κ3) is 2.48. The van der Waals surface area contributed by atoms with Crippen molar-refractivity contribution in [2.75, 3.05) is 18.5 Å². The van der Waals surface area contributed by atoms with Crippen LogP contribution < -0.4 is 10.5 Å². The van der Waals surface area contributed by atoms with E-state index in [2.05, 4.69) is 11.9 Å². The van der Waals surface area contributed by atoms with Gasteiger partial charge in [-0.1, -0.05) is 24.3 Å². The van der Waals surface area contributed by atoms with Crippen LogP contribution in [-0.4, -0.2) is 24.7 Å². The molecule has 0 fully saturated rings. The van der Waals surface area contributed by atoms with E-state index in [0.717, 1.165) is 30.6 Å². The minimum Gasteiger partial charge on any atom is -0.475 e. The van der Waals surface area contributed by atoms with Gasteiger partial charge in [-0.2, -0.15) is 0 Å². The second-order valence-corrected chi connectivity index (χ2v) is 6.31. The topological polar surface area (TPSA) is 70.8 Å². The molecular formula is C20H17NO4. The van der Waals surface area contributed by atoms with Gasteiger partial charge in [0.1, 0.15) is 0 Å². The van der Waals surface area contributed by atoms with E-state index in [4.69, 9.17) is 4.42 Å². The van der Waals surface area contributed by atoms with Gasteiger partial charge >= 0.3 is 11.6 Å². The second-order valence-electron chi connectivity index (χ2n) is 6.31. The summed E-state index contributed by atoms with van der Waals surface area (Å²) in [6, 6.07) is 12.9. The number of anilines is 1. The quantitative estimate of drug-likeness (QED) is 0.775. The smallest absolute Gasteiger partial charge is 0.372 e. The van der Waals surface area contributed by atoms with Gasteiger partial charge in [0.25, 0.3) is 0 Å². The summed E-state index contributed by atoms with van der Waals surface area (Å²) >= 11 is 0. The molecule has 126 valence electrons. The largest absolute Gasteiger partial charge is 0.475 e. The number of benzene rings is 2. The lowest BCUT2D eigenvalue weighted by molar-refractivity contribution is 0.0659. The third-order valence-electron chi connectivity index (χ3n) is 4.75. The lowest BCUT2D eigenvalue weighted by atomic mass is 9.93. The summed E-state index contributed by atoms with van der Waals surface area (Å²) in [7, 11) is 2.05. The van der Waals surface area contributed by atoms with Gasteiger partial charge in [0.05, 0.1) is 5.39 Å². The first-order valence-electron chi connectivity index (χ1n) is 8.20. The van der Waals surface area contributed by atoms with Crippen LogP contribution >= 0.6 is 0 Å². The van der Waals surface area contributed by atoms with E-state index in [0.29, 0.717) is 16.3 Å². The van der Waals surface area contributed by atoms with Crippen LogP contribution in [0.3, 0.4) is 0 Å². The van der Waals surface area contributed by atoms with Crippen molar-refractivity contribution in [2.45, 2.75) is 12.8 Å². The number of carboxylic acids is 1. The van der Waals surface area contributed by atoms with Gasteiger partial charge in [-0.25, -0.2) is 9.59 Å². The Labute approximate surface area is 144 Å². The minimum absolute atomic E-state index is 0.312. The van der Waals surface area contributed by atoms with Crippen LogP contribution in [-0.2, 0) is 6.42 Å². The number of carbonyl (C=O) groups is 1.